The van der Waals surface area contributed by atoms with Gasteiger partial charge in [0.15, 0.2) is 0 Å². The van der Waals surface area contributed by atoms with Crippen molar-refractivity contribution in [3.05, 3.63) is 0 Å². The van der Waals surface area contributed by atoms with E-state index in [1.165, 1.54) is 0 Å². The van der Waals surface area contributed by atoms with Gasteiger partial charge in [-0.1, -0.05) is 0 Å². The molecule has 1 N–H and O–H groups in total. The molecule has 19 heavy (non-hydrogen) atoms. The molecule has 0 radical (unpaired) electrons. The Bertz CT molecular complexity index is 415. The summed E-state index contributed by atoms with van der Waals surface area (Å²) < 4.78 is 0. The summed E-state index contributed by atoms with van der Waals surface area (Å²) in [7, 11) is 0. The maximum Gasteiger partial charge on any atom is 0.249 e. The van der Waals surface area contributed by atoms with Gasteiger partial charge in [-0.15, -0.1) is 0 Å². The highest BCUT2D eigenvalue weighted by Gasteiger charge is 2.42. The molecule has 2 aliphatic rings. The van der Waals surface area contributed by atoms with Gasteiger partial charge in [-0.25, -0.2) is 0 Å². The van der Waals surface area contributed by atoms with E-state index in [0.29, 0.717) is 12.6 Å². The number of imide groups is 1. The predicted molar refractivity (Wildman–Crippen MR) is 69.2 cm³/mol. The molecule has 2 fully saturated rings. The van der Waals surface area contributed by atoms with E-state index in [9.17, 15) is 14.4 Å². The lowest BCUT2D eigenvalue weighted by molar-refractivity contribution is -0.156. The first-order valence-electron chi connectivity index (χ1n) is 6.76. The molecule has 0 atom stereocenters. The van der Waals surface area contributed by atoms with E-state index < -0.39 is 5.54 Å². The smallest absolute Gasteiger partial charge is 0.249 e. The van der Waals surface area contributed by atoms with Crippen LogP contribution in [0.15, 0.2) is 0 Å². The number of hydrogen-bond acceptors (Lipinski definition) is 4. The number of piperazine rings is 1. The summed E-state index contributed by atoms with van der Waals surface area (Å²) in [6.45, 7) is 5.95. The molecule has 6 heteroatoms. The Hall–Kier alpha value is -1.43. The maximum absolute atomic E-state index is 12.2. The van der Waals surface area contributed by atoms with Crippen molar-refractivity contribution in [3.8, 4) is 0 Å². The minimum atomic E-state index is -0.787. The number of nitrogens with one attached hydrogen (secondary N) is 1. The zero-order valence-electron chi connectivity index (χ0n) is 11.7. The zero-order chi connectivity index (χ0) is 14.2. The lowest BCUT2D eigenvalue weighted by atomic mass is 10.0. The molecule has 0 aromatic carbocycles. The van der Waals surface area contributed by atoms with Crippen LogP contribution in [0.5, 0.6) is 0 Å². The van der Waals surface area contributed by atoms with Crippen LogP contribution in [0.25, 0.3) is 0 Å². The van der Waals surface area contributed by atoms with E-state index in [1.807, 2.05) is 6.92 Å². The van der Waals surface area contributed by atoms with Gasteiger partial charge in [0.1, 0.15) is 6.54 Å². The van der Waals surface area contributed by atoms with Gasteiger partial charge in [0.25, 0.3) is 0 Å². The Morgan fingerprint density at radius 1 is 1.42 bits per heavy atom. The fraction of sp³-hybridized carbons (Fsp3) is 0.769. The predicted octanol–water partition coefficient (Wildman–Crippen LogP) is -0.266. The highest BCUT2D eigenvalue weighted by atomic mass is 16.2. The van der Waals surface area contributed by atoms with Crippen LogP contribution in [-0.2, 0) is 14.4 Å². The van der Waals surface area contributed by atoms with E-state index in [2.05, 4.69) is 5.32 Å². The molecule has 0 aromatic rings. The number of nitrogens with zero attached hydrogens (tertiary/aromatic N) is 2. The summed E-state index contributed by atoms with van der Waals surface area (Å²) in [4.78, 5) is 39.0. The van der Waals surface area contributed by atoms with E-state index in [1.54, 1.807) is 18.7 Å². The van der Waals surface area contributed by atoms with Gasteiger partial charge < -0.3 is 4.90 Å². The zero-order valence-corrected chi connectivity index (χ0v) is 11.7. The first-order chi connectivity index (χ1) is 8.86. The third-order valence-corrected chi connectivity index (χ3v) is 3.70. The monoisotopic (exact) mass is 267 g/mol. The lowest BCUT2D eigenvalue weighted by Gasteiger charge is -2.37. The molecule has 1 aliphatic carbocycles. The largest absolute Gasteiger partial charge is 0.338 e. The molecule has 1 saturated heterocycles. The van der Waals surface area contributed by atoms with Crippen molar-refractivity contribution in [1.82, 2.24) is 15.1 Å². The van der Waals surface area contributed by atoms with Crippen LogP contribution in [-0.4, -0.2) is 58.7 Å². The van der Waals surface area contributed by atoms with E-state index in [-0.39, 0.29) is 30.8 Å². The Morgan fingerprint density at radius 3 is 2.58 bits per heavy atom. The van der Waals surface area contributed by atoms with Crippen molar-refractivity contribution in [3.63, 3.8) is 0 Å². The van der Waals surface area contributed by atoms with Gasteiger partial charge in [0.2, 0.25) is 17.7 Å². The highest BCUT2D eigenvalue weighted by Crippen LogP contribution is 2.26. The molecule has 106 valence electrons. The molecule has 1 saturated carbocycles. The Balaban J connectivity index is 2.05. The molecule has 0 bridgehead atoms. The standard InChI is InChI=1S/C13H21N3O3/c1-4-15(9-5-6-9)11(18)8-16-10(17)7-14-13(2,3)12(16)19/h9,14H,4-8H2,1-3H3. The van der Waals surface area contributed by atoms with Crippen LogP contribution in [0.1, 0.15) is 33.6 Å². The Morgan fingerprint density at radius 2 is 2.05 bits per heavy atom. The second-order valence-corrected chi connectivity index (χ2v) is 5.67. The van der Waals surface area contributed by atoms with Crippen molar-refractivity contribution < 1.29 is 14.4 Å². The molecule has 1 aliphatic heterocycles. The van der Waals surface area contributed by atoms with E-state index in [0.717, 1.165) is 17.7 Å². The molecule has 2 rings (SSSR count). The summed E-state index contributed by atoms with van der Waals surface area (Å²) in [5.41, 5.74) is -0.787. The molecular weight excluding hydrogens is 246 g/mol. The number of carbonyl (C=O) groups excluding carboxylic acids is 3. The van der Waals surface area contributed by atoms with Crippen molar-refractivity contribution >= 4 is 17.7 Å². The quantitative estimate of drug-likeness (QED) is 0.712. The molecule has 6 nitrogen and oxygen atoms in total. The Kier molecular flexibility index (Phi) is 3.62. The van der Waals surface area contributed by atoms with Crippen LogP contribution in [0.3, 0.4) is 0 Å². The number of rotatable bonds is 4. The Labute approximate surface area is 113 Å². The van der Waals surface area contributed by atoms with Crippen molar-refractivity contribution in [2.75, 3.05) is 19.6 Å². The number of carbonyl (C=O) groups is 3. The van der Waals surface area contributed by atoms with Crippen molar-refractivity contribution in [2.45, 2.75) is 45.2 Å². The number of hydrogen-bond donors (Lipinski definition) is 1. The summed E-state index contributed by atoms with van der Waals surface area (Å²) in [5, 5.41) is 2.87. The fourth-order valence-electron chi connectivity index (χ4n) is 2.33. The van der Waals surface area contributed by atoms with Crippen molar-refractivity contribution in [1.29, 1.82) is 0 Å². The minimum absolute atomic E-state index is 0.0988. The van der Waals surface area contributed by atoms with E-state index in [4.69, 9.17) is 0 Å². The molecule has 0 spiro atoms. The summed E-state index contributed by atoms with van der Waals surface area (Å²) >= 11 is 0. The van der Waals surface area contributed by atoms with Gasteiger partial charge in [-0.2, -0.15) is 0 Å². The van der Waals surface area contributed by atoms with Gasteiger partial charge in [-0.05, 0) is 33.6 Å². The summed E-state index contributed by atoms with van der Waals surface area (Å²) in [6.07, 6.45) is 2.04. The average Bonchev–Trinajstić information content (AvgIpc) is 3.16. The minimum Gasteiger partial charge on any atom is -0.338 e. The molecule has 3 amide bonds. The van der Waals surface area contributed by atoms with Crippen LogP contribution >= 0.6 is 0 Å². The topological polar surface area (TPSA) is 69.7 Å². The molecular formula is C13H21N3O3. The summed E-state index contributed by atoms with van der Waals surface area (Å²) in [5.74, 6) is -0.794. The normalized spacial score (nSPS) is 22.6. The number of amides is 3. The first kappa shape index (κ1) is 14.0. The van der Waals surface area contributed by atoms with Crippen LogP contribution in [0.4, 0.5) is 0 Å². The second kappa shape index (κ2) is 4.92. The van der Waals surface area contributed by atoms with Crippen LogP contribution in [0, 0.1) is 0 Å². The van der Waals surface area contributed by atoms with Gasteiger partial charge >= 0.3 is 0 Å². The maximum atomic E-state index is 12.2. The van der Waals surface area contributed by atoms with Gasteiger partial charge in [0.05, 0.1) is 12.1 Å². The number of likely N-dealkylation sites (N-methyl/N-ethyl adjacent to an activating group) is 1. The first-order valence-corrected chi connectivity index (χ1v) is 6.76. The van der Waals surface area contributed by atoms with Gasteiger partial charge in [-0.3, -0.25) is 24.6 Å². The SMILES string of the molecule is CCN(C(=O)CN1C(=O)CNC(C)(C)C1=O)C1CC1. The third kappa shape index (κ3) is 2.78. The summed E-state index contributed by atoms with van der Waals surface area (Å²) in [6, 6.07) is 0.304. The van der Waals surface area contributed by atoms with Crippen LogP contribution in [0.2, 0.25) is 0 Å². The molecule has 1 heterocycles. The second-order valence-electron chi connectivity index (χ2n) is 5.67. The van der Waals surface area contributed by atoms with Crippen molar-refractivity contribution in [2.24, 2.45) is 0 Å². The fourth-order valence-corrected chi connectivity index (χ4v) is 2.33. The third-order valence-electron chi connectivity index (χ3n) is 3.70. The van der Waals surface area contributed by atoms with E-state index >= 15 is 0 Å². The molecule has 0 aromatic heterocycles. The highest BCUT2D eigenvalue weighted by molar-refractivity contribution is 6.05. The lowest BCUT2D eigenvalue weighted by Crippen LogP contribution is -2.65. The average molecular weight is 267 g/mol. The molecule has 0 unspecified atom stereocenters. The van der Waals surface area contributed by atoms with Gasteiger partial charge in [0, 0.05) is 12.6 Å². The van der Waals surface area contributed by atoms with Crippen LogP contribution < -0.4 is 5.32 Å².